The largest absolute Gasteiger partial charge is 0.471 e. The standard InChI is InChI=1S/C11H17F3N2O4/c1-4-20-7(17)5-15-9(18)8(6(2)3)16-10(19)11(12,13)14/h6,8H,4-5H2,1-3H3,(H,15,18)(H,16,19). The molecule has 6 nitrogen and oxygen atoms in total. The molecule has 0 aromatic carbocycles. The zero-order chi connectivity index (χ0) is 15.9. The lowest BCUT2D eigenvalue weighted by atomic mass is 10.0. The molecule has 20 heavy (non-hydrogen) atoms. The normalized spacial score (nSPS) is 12.8. The predicted molar refractivity (Wildman–Crippen MR) is 62.5 cm³/mol. The highest BCUT2D eigenvalue weighted by atomic mass is 19.4. The number of carbonyl (C=O) groups excluding carboxylic acids is 3. The van der Waals surface area contributed by atoms with Crippen LogP contribution in [0.1, 0.15) is 20.8 Å². The summed E-state index contributed by atoms with van der Waals surface area (Å²) < 4.78 is 40.9. The third kappa shape index (κ3) is 6.39. The molecule has 9 heteroatoms. The van der Waals surface area contributed by atoms with Gasteiger partial charge < -0.3 is 15.4 Å². The predicted octanol–water partition coefficient (Wildman–Crippen LogP) is 0.369. The number of ether oxygens (including phenoxy) is 1. The minimum Gasteiger partial charge on any atom is -0.465 e. The van der Waals surface area contributed by atoms with Crippen molar-refractivity contribution in [3.05, 3.63) is 0 Å². The summed E-state index contributed by atoms with van der Waals surface area (Å²) in [5, 5.41) is 3.69. The van der Waals surface area contributed by atoms with Gasteiger partial charge in [0.05, 0.1) is 6.61 Å². The highest BCUT2D eigenvalue weighted by Gasteiger charge is 2.41. The molecule has 2 amide bonds. The van der Waals surface area contributed by atoms with Crippen LogP contribution in [0.2, 0.25) is 0 Å². The summed E-state index contributed by atoms with van der Waals surface area (Å²) in [5.41, 5.74) is 0. The van der Waals surface area contributed by atoms with Crippen LogP contribution in [0.25, 0.3) is 0 Å². The van der Waals surface area contributed by atoms with Gasteiger partial charge in [-0.2, -0.15) is 13.2 Å². The Morgan fingerprint density at radius 2 is 1.75 bits per heavy atom. The summed E-state index contributed by atoms with van der Waals surface area (Å²) in [5.74, 6) is -4.39. The molecular formula is C11H17F3N2O4. The Kier molecular flexibility index (Phi) is 7.01. The van der Waals surface area contributed by atoms with E-state index in [1.165, 1.54) is 13.8 Å². The molecule has 0 aromatic rings. The van der Waals surface area contributed by atoms with Gasteiger partial charge in [-0.15, -0.1) is 0 Å². The van der Waals surface area contributed by atoms with Crippen LogP contribution in [0.3, 0.4) is 0 Å². The van der Waals surface area contributed by atoms with E-state index in [-0.39, 0.29) is 6.61 Å². The van der Waals surface area contributed by atoms with Crippen LogP contribution < -0.4 is 10.6 Å². The van der Waals surface area contributed by atoms with Crippen molar-refractivity contribution in [1.29, 1.82) is 0 Å². The van der Waals surface area contributed by atoms with Crippen molar-refractivity contribution in [3.63, 3.8) is 0 Å². The molecule has 0 aliphatic carbocycles. The topological polar surface area (TPSA) is 84.5 Å². The lowest BCUT2D eigenvalue weighted by molar-refractivity contribution is -0.175. The highest BCUT2D eigenvalue weighted by Crippen LogP contribution is 2.15. The fourth-order valence-corrected chi connectivity index (χ4v) is 1.24. The number of carbonyl (C=O) groups is 3. The Hall–Kier alpha value is -1.80. The van der Waals surface area contributed by atoms with E-state index in [1.807, 2.05) is 0 Å². The minimum absolute atomic E-state index is 0.118. The second-order valence-corrected chi connectivity index (χ2v) is 4.22. The van der Waals surface area contributed by atoms with Crippen molar-refractivity contribution in [1.82, 2.24) is 10.6 Å². The van der Waals surface area contributed by atoms with Crippen LogP contribution in [0, 0.1) is 5.92 Å². The van der Waals surface area contributed by atoms with Crippen molar-refractivity contribution in [3.8, 4) is 0 Å². The second kappa shape index (κ2) is 7.71. The smallest absolute Gasteiger partial charge is 0.465 e. The molecule has 116 valence electrons. The quantitative estimate of drug-likeness (QED) is 0.694. The summed E-state index contributed by atoms with van der Waals surface area (Å²) in [6.07, 6.45) is -5.07. The summed E-state index contributed by atoms with van der Waals surface area (Å²) in [7, 11) is 0. The maximum atomic E-state index is 12.1. The minimum atomic E-state index is -5.07. The zero-order valence-electron chi connectivity index (χ0n) is 11.3. The Morgan fingerprint density at radius 1 is 1.20 bits per heavy atom. The fourth-order valence-electron chi connectivity index (χ4n) is 1.24. The molecule has 0 rings (SSSR count). The van der Waals surface area contributed by atoms with Crippen LogP contribution in [-0.4, -0.2) is 43.2 Å². The van der Waals surface area contributed by atoms with Crippen LogP contribution >= 0.6 is 0 Å². The average molecular weight is 298 g/mol. The van der Waals surface area contributed by atoms with Gasteiger partial charge in [-0.1, -0.05) is 13.8 Å². The van der Waals surface area contributed by atoms with Crippen LogP contribution in [-0.2, 0) is 19.1 Å². The Balaban J connectivity index is 4.57. The van der Waals surface area contributed by atoms with Gasteiger partial charge >= 0.3 is 18.1 Å². The van der Waals surface area contributed by atoms with Crippen molar-refractivity contribution in [2.75, 3.05) is 13.2 Å². The van der Waals surface area contributed by atoms with Gasteiger partial charge in [-0.25, -0.2) is 0 Å². The Bertz CT molecular complexity index is 369. The third-order valence-electron chi connectivity index (χ3n) is 2.21. The van der Waals surface area contributed by atoms with E-state index in [1.54, 1.807) is 12.2 Å². The lowest BCUT2D eigenvalue weighted by Crippen LogP contribution is -2.53. The van der Waals surface area contributed by atoms with E-state index in [0.717, 1.165) is 0 Å². The maximum absolute atomic E-state index is 12.1. The number of amides is 2. The third-order valence-corrected chi connectivity index (χ3v) is 2.21. The highest BCUT2D eigenvalue weighted by molar-refractivity contribution is 5.91. The average Bonchev–Trinajstić information content (AvgIpc) is 2.31. The van der Waals surface area contributed by atoms with Gasteiger partial charge in [-0.3, -0.25) is 14.4 Å². The van der Waals surface area contributed by atoms with Crippen LogP contribution in [0.15, 0.2) is 0 Å². The molecule has 0 spiro atoms. The number of nitrogens with one attached hydrogen (secondary N) is 2. The maximum Gasteiger partial charge on any atom is 0.471 e. The van der Waals surface area contributed by atoms with E-state index in [9.17, 15) is 27.6 Å². The summed E-state index contributed by atoms with van der Waals surface area (Å²) in [6, 6.07) is -1.39. The number of hydrogen-bond donors (Lipinski definition) is 2. The number of hydrogen-bond acceptors (Lipinski definition) is 4. The molecule has 0 radical (unpaired) electrons. The first-order valence-electron chi connectivity index (χ1n) is 5.90. The van der Waals surface area contributed by atoms with Crippen LogP contribution in [0.4, 0.5) is 13.2 Å². The first kappa shape index (κ1) is 18.2. The first-order chi connectivity index (χ1) is 9.09. The first-order valence-corrected chi connectivity index (χ1v) is 5.90. The number of halogens is 3. The van der Waals surface area contributed by atoms with Gasteiger partial charge in [0.1, 0.15) is 12.6 Å². The van der Waals surface area contributed by atoms with Gasteiger partial charge in [0, 0.05) is 0 Å². The zero-order valence-corrected chi connectivity index (χ0v) is 11.3. The van der Waals surface area contributed by atoms with Crippen LogP contribution in [0.5, 0.6) is 0 Å². The Morgan fingerprint density at radius 3 is 2.15 bits per heavy atom. The summed E-state index contributed by atoms with van der Waals surface area (Å²) in [6.45, 7) is 4.14. The molecular weight excluding hydrogens is 281 g/mol. The Labute approximate surface area is 114 Å². The molecule has 1 unspecified atom stereocenters. The lowest BCUT2D eigenvalue weighted by Gasteiger charge is -2.22. The monoisotopic (exact) mass is 298 g/mol. The van der Waals surface area contributed by atoms with Crippen molar-refractivity contribution in [2.24, 2.45) is 5.92 Å². The van der Waals surface area contributed by atoms with Gasteiger partial charge in [0.2, 0.25) is 5.91 Å². The molecule has 0 aliphatic heterocycles. The molecule has 2 N–H and O–H groups in total. The van der Waals surface area contributed by atoms with E-state index >= 15 is 0 Å². The molecule has 0 heterocycles. The number of rotatable bonds is 6. The molecule has 0 saturated heterocycles. The molecule has 0 fully saturated rings. The SMILES string of the molecule is CCOC(=O)CNC(=O)C(NC(=O)C(F)(F)F)C(C)C. The number of esters is 1. The van der Waals surface area contributed by atoms with Gasteiger partial charge in [-0.05, 0) is 12.8 Å². The molecule has 0 saturated carbocycles. The van der Waals surface area contributed by atoms with E-state index in [4.69, 9.17) is 0 Å². The van der Waals surface area contributed by atoms with Gasteiger partial charge in [0.25, 0.3) is 0 Å². The molecule has 0 aromatic heterocycles. The fraction of sp³-hybridized carbons (Fsp3) is 0.727. The summed E-state index contributed by atoms with van der Waals surface area (Å²) in [4.78, 5) is 33.5. The van der Waals surface area contributed by atoms with Gasteiger partial charge in [0.15, 0.2) is 0 Å². The van der Waals surface area contributed by atoms with Crippen molar-refractivity contribution < 1.29 is 32.3 Å². The van der Waals surface area contributed by atoms with E-state index in [2.05, 4.69) is 10.1 Å². The second-order valence-electron chi connectivity index (χ2n) is 4.22. The van der Waals surface area contributed by atoms with Crippen molar-refractivity contribution in [2.45, 2.75) is 33.0 Å². The molecule has 0 aliphatic rings. The molecule has 0 bridgehead atoms. The summed E-state index contributed by atoms with van der Waals surface area (Å²) >= 11 is 0. The van der Waals surface area contributed by atoms with Crippen molar-refractivity contribution >= 4 is 17.8 Å². The van der Waals surface area contributed by atoms with E-state index in [0.29, 0.717) is 0 Å². The molecule has 1 atom stereocenters. The number of alkyl halides is 3. The van der Waals surface area contributed by atoms with E-state index < -0.39 is 42.5 Å².